The molecule has 1 amide bonds. The highest BCUT2D eigenvalue weighted by Gasteiger charge is 2.23. The molecule has 0 aliphatic rings. The number of H-pyrrole nitrogens is 1. The fourth-order valence-corrected chi connectivity index (χ4v) is 2.65. The number of rotatable bonds is 4. The van der Waals surface area contributed by atoms with Gasteiger partial charge in [-0.2, -0.15) is 0 Å². The predicted octanol–water partition coefficient (Wildman–Crippen LogP) is 3.15. The Hall–Kier alpha value is -3.22. The molecule has 0 atom stereocenters. The molecule has 0 saturated carbocycles. The largest absolute Gasteiger partial charge is 0.481 e. The molecule has 3 rings (SSSR count). The Kier molecular flexibility index (Phi) is 4.22. The molecule has 2 aromatic heterocycles. The smallest absolute Gasteiger partial charge is 0.296 e. The van der Waals surface area contributed by atoms with Crippen molar-refractivity contribution in [3.8, 4) is 5.88 Å². The van der Waals surface area contributed by atoms with Gasteiger partial charge in [-0.05, 0) is 37.6 Å². The van der Waals surface area contributed by atoms with Crippen LogP contribution in [0.2, 0.25) is 0 Å². The van der Waals surface area contributed by atoms with Crippen LogP contribution in [0.3, 0.4) is 0 Å². The number of anilines is 1. The summed E-state index contributed by atoms with van der Waals surface area (Å²) in [6.07, 6.45) is 1.46. The number of hydrogen-bond donors (Lipinski definition) is 2. The van der Waals surface area contributed by atoms with Crippen molar-refractivity contribution in [2.45, 2.75) is 13.8 Å². The standard InChI is InChI=1S/C18H16FN3O3/c1-9-6-12-14(8-13(9)19)21-10(2)16(12)17(23)18(24)22-11-4-5-20-15(7-11)25-3/h4-8,21H,1-3H3,(H,20,22,24). The fraction of sp³-hybridized carbons (Fsp3) is 0.167. The number of nitrogens with one attached hydrogen (secondary N) is 2. The number of benzene rings is 1. The van der Waals surface area contributed by atoms with E-state index in [-0.39, 0.29) is 11.4 Å². The summed E-state index contributed by atoms with van der Waals surface area (Å²) in [6, 6.07) is 5.94. The van der Waals surface area contributed by atoms with Crippen LogP contribution in [0.4, 0.5) is 10.1 Å². The van der Waals surface area contributed by atoms with Gasteiger partial charge in [0.1, 0.15) is 5.82 Å². The minimum absolute atomic E-state index is 0.233. The summed E-state index contributed by atoms with van der Waals surface area (Å²) < 4.78 is 18.7. The number of pyridine rings is 1. The monoisotopic (exact) mass is 341 g/mol. The predicted molar refractivity (Wildman–Crippen MR) is 91.5 cm³/mol. The van der Waals surface area contributed by atoms with E-state index in [1.807, 2.05) is 0 Å². The zero-order chi connectivity index (χ0) is 18.1. The Bertz CT molecular complexity index is 995. The number of aromatic amines is 1. The van der Waals surface area contributed by atoms with Gasteiger partial charge in [0.25, 0.3) is 11.7 Å². The van der Waals surface area contributed by atoms with Crippen LogP contribution in [-0.2, 0) is 4.79 Å². The number of aromatic nitrogens is 2. The van der Waals surface area contributed by atoms with Crippen LogP contribution in [0.5, 0.6) is 5.88 Å². The molecule has 0 bridgehead atoms. The Balaban J connectivity index is 1.94. The van der Waals surface area contributed by atoms with Crippen molar-refractivity contribution in [1.29, 1.82) is 0 Å². The maximum absolute atomic E-state index is 13.7. The summed E-state index contributed by atoms with van der Waals surface area (Å²) in [4.78, 5) is 31.8. The number of carbonyl (C=O) groups is 2. The molecular formula is C18H16FN3O3. The molecule has 1 aromatic carbocycles. The van der Waals surface area contributed by atoms with E-state index in [9.17, 15) is 14.0 Å². The first-order valence-corrected chi connectivity index (χ1v) is 7.55. The molecule has 0 aliphatic carbocycles. The van der Waals surface area contributed by atoms with Gasteiger partial charge in [0, 0.05) is 34.5 Å². The molecule has 128 valence electrons. The molecule has 0 fully saturated rings. The van der Waals surface area contributed by atoms with Crippen LogP contribution in [0.1, 0.15) is 21.6 Å². The second-order valence-electron chi connectivity index (χ2n) is 5.64. The van der Waals surface area contributed by atoms with Crippen LogP contribution in [-0.4, -0.2) is 28.8 Å². The van der Waals surface area contributed by atoms with E-state index in [1.54, 1.807) is 26.0 Å². The van der Waals surface area contributed by atoms with Gasteiger partial charge in [0.15, 0.2) is 0 Å². The lowest BCUT2D eigenvalue weighted by Crippen LogP contribution is -2.23. The van der Waals surface area contributed by atoms with E-state index in [4.69, 9.17) is 4.74 Å². The summed E-state index contributed by atoms with van der Waals surface area (Å²) in [6.45, 7) is 3.28. The van der Waals surface area contributed by atoms with Gasteiger partial charge in [-0.15, -0.1) is 0 Å². The lowest BCUT2D eigenvalue weighted by Gasteiger charge is -2.06. The number of carbonyl (C=O) groups excluding carboxylic acids is 2. The van der Waals surface area contributed by atoms with Gasteiger partial charge in [-0.25, -0.2) is 9.37 Å². The number of ketones is 1. The topological polar surface area (TPSA) is 84.1 Å². The summed E-state index contributed by atoms with van der Waals surface area (Å²) in [7, 11) is 1.45. The first kappa shape index (κ1) is 16.6. The van der Waals surface area contributed by atoms with Crippen LogP contribution >= 0.6 is 0 Å². The quantitative estimate of drug-likeness (QED) is 0.564. The number of ether oxygens (including phenoxy) is 1. The number of methoxy groups -OCH3 is 1. The minimum Gasteiger partial charge on any atom is -0.481 e. The van der Waals surface area contributed by atoms with Crippen molar-refractivity contribution in [3.05, 3.63) is 53.1 Å². The number of Topliss-reactive ketones (excluding diaryl/α,β-unsaturated/α-hetero) is 1. The number of fused-ring (bicyclic) bond motifs is 1. The van der Waals surface area contributed by atoms with Crippen molar-refractivity contribution in [3.63, 3.8) is 0 Å². The fourth-order valence-electron chi connectivity index (χ4n) is 2.65. The van der Waals surface area contributed by atoms with Gasteiger partial charge in [-0.1, -0.05) is 0 Å². The van der Waals surface area contributed by atoms with Gasteiger partial charge in [0.05, 0.1) is 12.7 Å². The average Bonchev–Trinajstić information content (AvgIpc) is 2.89. The minimum atomic E-state index is -0.792. The normalized spacial score (nSPS) is 10.7. The number of halogens is 1. The molecule has 0 unspecified atom stereocenters. The summed E-state index contributed by atoms with van der Waals surface area (Å²) in [5.41, 5.74) is 2.01. The molecule has 3 aromatic rings. The third-order valence-electron chi connectivity index (χ3n) is 3.90. The van der Waals surface area contributed by atoms with Crippen molar-refractivity contribution < 1.29 is 18.7 Å². The molecule has 0 saturated heterocycles. The molecule has 2 N–H and O–H groups in total. The third-order valence-corrected chi connectivity index (χ3v) is 3.90. The van der Waals surface area contributed by atoms with Gasteiger partial charge < -0.3 is 15.0 Å². The molecule has 6 nitrogen and oxygen atoms in total. The van der Waals surface area contributed by atoms with Crippen LogP contribution in [0.25, 0.3) is 10.9 Å². The lowest BCUT2D eigenvalue weighted by atomic mass is 10.0. The van der Waals surface area contributed by atoms with Crippen molar-refractivity contribution in [2.24, 2.45) is 0 Å². The van der Waals surface area contributed by atoms with E-state index in [2.05, 4.69) is 15.3 Å². The van der Waals surface area contributed by atoms with Crippen LogP contribution in [0.15, 0.2) is 30.5 Å². The third kappa shape index (κ3) is 3.08. The van der Waals surface area contributed by atoms with Gasteiger partial charge >= 0.3 is 0 Å². The van der Waals surface area contributed by atoms with Crippen LogP contribution < -0.4 is 10.1 Å². The van der Waals surface area contributed by atoms with E-state index in [0.717, 1.165) is 0 Å². The summed E-state index contributed by atoms with van der Waals surface area (Å²) >= 11 is 0. The highest BCUT2D eigenvalue weighted by molar-refractivity contribution is 6.48. The Labute approximate surface area is 143 Å². The SMILES string of the molecule is COc1cc(NC(=O)C(=O)c2c(C)[nH]c3cc(F)c(C)cc23)ccn1. The van der Waals surface area contributed by atoms with E-state index in [1.165, 1.54) is 25.4 Å². The molecule has 7 heteroatoms. The first-order chi connectivity index (χ1) is 11.9. The second kappa shape index (κ2) is 6.35. The molecule has 0 radical (unpaired) electrons. The van der Waals surface area contributed by atoms with E-state index in [0.29, 0.717) is 33.7 Å². The second-order valence-corrected chi connectivity index (χ2v) is 5.64. The maximum atomic E-state index is 13.7. The van der Waals surface area contributed by atoms with Gasteiger partial charge in [0.2, 0.25) is 5.88 Å². The number of aryl methyl sites for hydroxylation is 2. The zero-order valence-electron chi connectivity index (χ0n) is 13.9. The van der Waals surface area contributed by atoms with Crippen molar-refractivity contribution in [1.82, 2.24) is 9.97 Å². The molecule has 25 heavy (non-hydrogen) atoms. The first-order valence-electron chi connectivity index (χ1n) is 7.55. The van der Waals surface area contributed by atoms with Gasteiger partial charge in [-0.3, -0.25) is 9.59 Å². The molecule has 2 heterocycles. The van der Waals surface area contributed by atoms with E-state index >= 15 is 0 Å². The van der Waals surface area contributed by atoms with Crippen LogP contribution in [0, 0.1) is 19.7 Å². The lowest BCUT2D eigenvalue weighted by molar-refractivity contribution is -0.112. The average molecular weight is 341 g/mol. The maximum Gasteiger partial charge on any atom is 0.296 e. The number of nitrogens with zero attached hydrogens (tertiary/aromatic N) is 1. The summed E-state index contributed by atoms with van der Waals surface area (Å²) in [5, 5.41) is 3.04. The Morgan fingerprint density at radius 2 is 2.00 bits per heavy atom. The number of amides is 1. The Morgan fingerprint density at radius 1 is 1.24 bits per heavy atom. The molecular weight excluding hydrogens is 325 g/mol. The zero-order valence-corrected chi connectivity index (χ0v) is 13.9. The van der Waals surface area contributed by atoms with Crippen molar-refractivity contribution in [2.75, 3.05) is 12.4 Å². The molecule has 0 aliphatic heterocycles. The van der Waals surface area contributed by atoms with E-state index < -0.39 is 11.7 Å². The number of hydrogen-bond acceptors (Lipinski definition) is 4. The highest BCUT2D eigenvalue weighted by Crippen LogP contribution is 2.26. The molecule has 0 spiro atoms. The Morgan fingerprint density at radius 3 is 2.72 bits per heavy atom. The summed E-state index contributed by atoms with van der Waals surface area (Å²) in [5.74, 6) is -1.55. The van der Waals surface area contributed by atoms with Crippen molar-refractivity contribution >= 4 is 28.3 Å². The highest BCUT2D eigenvalue weighted by atomic mass is 19.1.